The molecular formula is C6H4BClI2. The van der Waals surface area contributed by atoms with E-state index in [0.717, 1.165) is 5.02 Å². The lowest BCUT2D eigenvalue weighted by molar-refractivity contribution is 1.77. The van der Waals surface area contributed by atoms with Gasteiger partial charge in [0.2, 0.25) is 0 Å². The van der Waals surface area contributed by atoms with Crippen LogP contribution in [-0.4, -0.2) is 2.43 Å². The maximum Gasteiger partial charge on any atom is 0.320 e. The van der Waals surface area contributed by atoms with Crippen LogP contribution in [0.4, 0.5) is 0 Å². The normalized spacial score (nSPS) is 9.50. The van der Waals surface area contributed by atoms with Gasteiger partial charge in [0.05, 0.1) is 0 Å². The summed E-state index contributed by atoms with van der Waals surface area (Å²) >= 11 is 10.4. The molecule has 0 atom stereocenters. The largest absolute Gasteiger partial charge is 0.320 e. The first kappa shape index (κ1) is 9.13. The first-order valence-corrected chi connectivity index (χ1v) is 5.60. The van der Waals surface area contributed by atoms with E-state index in [2.05, 4.69) is 44.7 Å². The summed E-state index contributed by atoms with van der Waals surface area (Å²) in [4.78, 5) is 0. The average molecular weight is 376 g/mol. The van der Waals surface area contributed by atoms with E-state index >= 15 is 0 Å². The average Bonchev–Trinajstić information content (AvgIpc) is 1.88. The number of hydrogen-bond acceptors (Lipinski definition) is 0. The molecule has 0 saturated heterocycles. The lowest BCUT2D eigenvalue weighted by Gasteiger charge is -1.96. The molecule has 0 fully saturated rings. The highest BCUT2D eigenvalue weighted by Crippen LogP contribution is 2.08. The molecule has 0 aliphatic rings. The zero-order valence-electron chi connectivity index (χ0n) is 5.02. The third-order valence-electron chi connectivity index (χ3n) is 1.12. The molecule has 0 unspecified atom stereocenters. The third-order valence-corrected chi connectivity index (χ3v) is 2.81. The Morgan fingerprint density at radius 3 is 2.00 bits per heavy atom. The minimum atomic E-state index is 0.535. The molecule has 0 aliphatic heterocycles. The Bertz CT molecular complexity index is 209. The fourth-order valence-electron chi connectivity index (χ4n) is 0.608. The Morgan fingerprint density at radius 1 is 1.10 bits per heavy atom. The van der Waals surface area contributed by atoms with Crippen LogP contribution in [0.1, 0.15) is 0 Å². The minimum absolute atomic E-state index is 0.535. The van der Waals surface area contributed by atoms with Crippen LogP contribution in [0.15, 0.2) is 24.3 Å². The molecule has 4 heteroatoms. The summed E-state index contributed by atoms with van der Waals surface area (Å²) in [6, 6.07) is 7.93. The van der Waals surface area contributed by atoms with Crippen molar-refractivity contribution in [3.63, 3.8) is 0 Å². The van der Waals surface area contributed by atoms with Crippen molar-refractivity contribution in [2.45, 2.75) is 0 Å². The summed E-state index contributed by atoms with van der Waals surface area (Å²) in [5.41, 5.74) is 1.31. The molecule has 1 aromatic carbocycles. The maximum absolute atomic E-state index is 5.71. The molecule has 0 amide bonds. The summed E-state index contributed by atoms with van der Waals surface area (Å²) in [6.45, 7) is 0. The molecular weight excluding hydrogens is 372 g/mol. The molecule has 0 aliphatic carbocycles. The van der Waals surface area contributed by atoms with Gasteiger partial charge >= 0.3 is 2.43 Å². The zero-order valence-corrected chi connectivity index (χ0v) is 10.1. The molecule has 0 aromatic heterocycles. The first-order valence-electron chi connectivity index (χ1n) is 2.74. The lowest BCUT2D eigenvalue weighted by Crippen LogP contribution is -2.15. The lowest BCUT2D eigenvalue weighted by atomic mass is 9.96. The van der Waals surface area contributed by atoms with Crippen molar-refractivity contribution < 1.29 is 0 Å². The standard InChI is InChI=1S/C6H4BClI2/c8-6-3-1-5(2-4-6)7(9)10/h1-4H. The quantitative estimate of drug-likeness (QED) is 0.523. The Labute approximate surface area is 92.5 Å². The van der Waals surface area contributed by atoms with E-state index in [1.54, 1.807) is 0 Å². The van der Waals surface area contributed by atoms with Gasteiger partial charge in [-0.2, -0.15) is 0 Å². The van der Waals surface area contributed by atoms with Crippen molar-refractivity contribution in [1.29, 1.82) is 0 Å². The van der Waals surface area contributed by atoms with Gasteiger partial charge in [-0.25, -0.2) is 0 Å². The van der Waals surface area contributed by atoms with E-state index in [-0.39, 0.29) is 0 Å². The second kappa shape index (κ2) is 4.16. The molecule has 0 heterocycles. The van der Waals surface area contributed by atoms with Gasteiger partial charge in [0.15, 0.2) is 0 Å². The van der Waals surface area contributed by atoms with E-state index in [4.69, 9.17) is 11.6 Å². The molecule has 0 saturated carbocycles. The van der Waals surface area contributed by atoms with Gasteiger partial charge in [-0.1, -0.05) is 29.2 Å². The number of benzene rings is 1. The minimum Gasteiger partial charge on any atom is -0.127 e. The van der Waals surface area contributed by atoms with Gasteiger partial charge in [0, 0.05) is 5.02 Å². The van der Waals surface area contributed by atoms with Crippen LogP contribution in [0.25, 0.3) is 0 Å². The number of halogens is 3. The Balaban J connectivity index is 2.89. The summed E-state index contributed by atoms with van der Waals surface area (Å²) in [5.74, 6) is 0. The molecule has 0 nitrogen and oxygen atoms in total. The fourth-order valence-corrected chi connectivity index (χ4v) is 1.56. The van der Waals surface area contributed by atoms with Gasteiger partial charge in [-0.3, -0.25) is 0 Å². The summed E-state index contributed by atoms with van der Waals surface area (Å²) in [6.07, 6.45) is 0. The van der Waals surface area contributed by atoms with Crippen molar-refractivity contribution in [2.75, 3.05) is 0 Å². The third kappa shape index (κ3) is 2.58. The highest BCUT2D eigenvalue weighted by Gasteiger charge is 2.05. The van der Waals surface area contributed by atoms with Gasteiger partial charge in [-0.15, -0.1) is 44.7 Å². The molecule has 0 N–H and O–H groups in total. The maximum atomic E-state index is 5.71. The highest BCUT2D eigenvalue weighted by atomic mass is 127. The highest BCUT2D eigenvalue weighted by molar-refractivity contribution is 14.3. The number of rotatable bonds is 1. The van der Waals surface area contributed by atoms with Crippen LogP contribution in [0.3, 0.4) is 0 Å². The van der Waals surface area contributed by atoms with Crippen LogP contribution in [0.2, 0.25) is 5.02 Å². The smallest absolute Gasteiger partial charge is 0.127 e. The molecule has 1 aromatic rings. The molecule has 0 bridgehead atoms. The fraction of sp³-hybridized carbons (Fsp3) is 0. The van der Waals surface area contributed by atoms with Gasteiger partial charge < -0.3 is 0 Å². The van der Waals surface area contributed by atoms with Crippen LogP contribution < -0.4 is 5.46 Å². The monoisotopic (exact) mass is 376 g/mol. The van der Waals surface area contributed by atoms with Crippen molar-refractivity contribution in [1.82, 2.24) is 0 Å². The Kier molecular flexibility index (Phi) is 3.79. The predicted molar refractivity (Wildman–Crippen MR) is 64.9 cm³/mol. The SMILES string of the molecule is Clc1ccc(B(I)I)cc1. The predicted octanol–water partition coefficient (Wildman–Crippen LogP) is 2.91. The Morgan fingerprint density at radius 2 is 1.60 bits per heavy atom. The molecule has 0 radical (unpaired) electrons. The Hall–Kier alpha value is 1.03. The van der Waals surface area contributed by atoms with Crippen molar-refractivity contribution in [3.8, 4) is 0 Å². The van der Waals surface area contributed by atoms with Crippen molar-refractivity contribution in [3.05, 3.63) is 29.3 Å². The first-order chi connectivity index (χ1) is 4.70. The molecule has 10 heavy (non-hydrogen) atoms. The topological polar surface area (TPSA) is 0 Å². The van der Waals surface area contributed by atoms with Gasteiger partial charge in [-0.05, 0) is 12.1 Å². The second-order valence-corrected chi connectivity index (χ2v) is 7.16. The summed E-state index contributed by atoms with van der Waals surface area (Å²) in [7, 11) is 0. The van der Waals surface area contributed by atoms with E-state index in [9.17, 15) is 0 Å². The van der Waals surface area contributed by atoms with E-state index in [0.29, 0.717) is 2.43 Å². The number of hydrogen-bond donors (Lipinski definition) is 0. The summed E-state index contributed by atoms with van der Waals surface area (Å²) in [5, 5.41) is 0.803. The van der Waals surface area contributed by atoms with Gasteiger partial charge in [0.1, 0.15) is 0 Å². The van der Waals surface area contributed by atoms with Crippen LogP contribution in [0.5, 0.6) is 0 Å². The molecule has 0 spiro atoms. The van der Waals surface area contributed by atoms with Crippen LogP contribution in [-0.2, 0) is 0 Å². The molecule has 1 rings (SSSR count). The van der Waals surface area contributed by atoms with Gasteiger partial charge in [0.25, 0.3) is 0 Å². The van der Waals surface area contributed by atoms with Crippen molar-refractivity contribution in [2.24, 2.45) is 0 Å². The second-order valence-electron chi connectivity index (χ2n) is 1.85. The van der Waals surface area contributed by atoms with E-state index in [1.165, 1.54) is 5.46 Å². The van der Waals surface area contributed by atoms with Crippen molar-refractivity contribution >= 4 is 64.2 Å². The summed E-state index contributed by atoms with van der Waals surface area (Å²) < 4.78 is 0.535. The molecule has 52 valence electrons. The zero-order chi connectivity index (χ0) is 7.56. The van der Waals surface area contributed by atoms with Crippen LogP contribution >= 0.6 is 56.3 Å². The van der Waals surface area contributed by atoms with Crippen LogP contribution in [0, 0.1) is 0 Å². The van der Waals surface area contributed by atoms with E-state index < -0.39 is 0 Å². The van der Waals surface area contributed by atoms with E-state index in [1.807, 2.05) is 24.3 Å².